The lowest BCUT2D eigenvalue weighted by Crippen LogP contribution is -2.39. The van der Waals surface area contributed by atoms with E-state index >= 15 is 0 Å². The first-order chi connectivity index (χ1) is 15.6. The lowest BCUT2D eigenvalue weighted by Gasteiger charge is -2.26. The van der Waals surface area contributed by atoms with Crippen molar-refractivity contribution in [3.05, 3.63) is 77.2 Å². The molecule has 0 saturated heterocycles. The third kappa shape index (κ3) is 6.10. The van der Waals surface area contributed by atoms with Crippen LogP contribution in [0.2, 0.25) is 0 Å². The Morgan fingerprint density at radius 2 is 1.42 bits per heavy atom. The zero-order valence-electron chi connectivity index (χ0n) is 19.0. The maximum absolute atomic E-state index is 12.7. The molecule has 1 heterocycles. The largest absolute Gasteiger partial charge is 0.250 e. The molecule has 2 aromatic carbocycles. The van der Waals surface area contributed by atoms with E-state index in [1.54, 1.807) is 31.4 Å². The first kappa shape index (κ1) is 25.6. The number of thiophene rings is 1. The van der Waals surface area contributed by atoms with E-state index in [-0.39, 0.29) is 0 Å². The molecule has 0 fully saturated rings. The molecular weight excluding hydrogens is 476 g/mol. The van der Waals surface area contributed by atoms with Crippen LogP contribution in [-0.4, -0.2) is 29.9 Å². The first-order valence-electron chi connectivity index (χ1n) is 10.8. The SMILES string of the molecule is CCCNS(=O)(=O)C(C)(C)c1ccc(-c2ccc(CCNS(=O)(=O)c3cccs3)cc2)cc1. The first-order valence-corrected chi connectivity index (χ1v) is 14.6. The number of hydrogen-bond acceptors (Lipinski definition) is 5. The van der Waals surface area contributed by atoms with Crippen LogP contribution in [0.3, 0.4) is 0 Å². The highest BCUT2D eigenvalue weighted by molar-refractivity contribution is 7.91. The Morgan fingerprint density at radius 1 is 0.818 bits per heavy atom. The second-order valence-corrected chi connectivity index (χ2v) is 13.5. The fraction of sp³-hybridized carbons (Fsp3) is 0.333. The maximum atomic E-state index is 12.7. The maximum Gasteiger partial charge on any atom is 0.250 e. The lowest BCUT2D eigenvalue weighted by atomic mass is 9.97. The molecule has 0 amide bonds. The Labute approximate surface area is 201 Å². The van der Waals surface area contributed by atoms with Gasteiger partial charge in [-0.1, -0.05) is 61.5 Å². The van der Waals surface area contributed by atoms with E-state index in [1.807, 2.05) is 55.5 Å². The van der Waals surface area contributed by atoms with Gasteiger partial charge in [0.2, 0.25) is 20.0 Å². The van der Waals surface area contributed by atoms with Crippen LogP contribution >= 0.6 is 11.3 Å². The monoisotopic (exact) mass is 506 g/mol. The summed E-state index contributed by atoms with van der Waals surface area (Å²) >= 11 is 1.20. The minimum atomic E-state index is -3.49. The van der Waals surface area contributed by atoms with E-state index in [0.717, 1.165) is 28.7 Å². The summed E-state index contributed by atoms with van der Waals surface area (Å²) in [5, 5.41) is 1.74. The average molecular weight is 507 g/mol. The van der Waals surface area contributed by atoms with Crippen LogP contribution in [0.15, 0.2) is 70.3 Å². The normalized spacial score (nSPS) is 12.7. The van der Waals surface area contributed by atoms with E-state index in [2.05, 4.69) is 9.44 Å². The van der Waals surface area contributed by atoms with Crippen LogP contribution in [0, 0.1) is 0 Å². The van der Waals surface area contributed by atoms with Gasteiger partial charge in [0.05, 0.1) is 0 Å². The summed E-state index contributed by atoms with van der Waals surface area (Å²) in [6, 6.07) is 18.8. The number of hydrogen-bond donors (Lipinski definition) is 2. The average Bonchev–Trinajstić information content (AvgIpc) is 3.34. The highest BCUT2D eigenvalue weighted by Crippen LogP contribution is 2.31. The summed E-state index contributed by atoms with van der Waals surface area (Å²) in [6.45, 7) is 6.09. The van der Waals surface area contributed by atoms with Crippen molar-refractivity contribution in [2.45, 2.75) is 42.6 Å². The molecule has 0 aliphatic heterocycles. The van der Waals surface area contributed by atoms with Gasteiger partial charge in [-0.3, -0.25) is 0 Å². The highest BCUT2D eigenvalue weighted by atomic mass is 32.2. The van der Waals surface area contributed by atoms with Gasteiger partial charge >= 0.3 is 0 Å². The van der Waals surface area contributed by atoms with Crippen LogP contribution in [0.4, 0.5) is 0 Å². The lowest BCUT2D eigenvalue weighted by molar-refractivity contribution is 0.539. The van der Waals surface area contributed by atoms with Gasteiger partial charge < -0.3 is 0 Å². The summed E-state index contributed by atoms with van der Waals surface area (Å²) in [5.41, 5.74) is 3.75. The van der Waals surface area contributed by atoms with Gasteiger partial charge in [0.15, 0.2) is 0 Å². The molecule has 1 aromatic heterocycles. The predicted molar refractivity (Wildman–Crippen MR) is 135 cm³/mol. The van der Waals surface area contributed by atoms with Gasteiger partial charge in [-0.05, 0) is 60.4 Å². The van der Waals surface area contributed by atoms with Crippen molar-refractivity contribution in [1.29, 1.82) is 0 Å². The Hall–Kier alpha value is -2.04. The fourth-order valence-corrected chi connectivity index (χ4v) is 6.67. The van der Waals surface area contributed by atoms with Crippen molar-refractivity contribution in [2.75, 3.05) is 13.1 Å². The molecule has 0 atom stereocenters. The third-order valence-corrected chi connectivity index (χ3v) is 10.6. The summed E-state index contributed by atoms with van der Waals surface area (Å²) in [4.78, 5) is 0. The van der Waals surface area contributed by atoms with Gasteiger partial charge in [-0.2, -0.15) is 0 Å². The molecule has 0 unspecified atom stereocenters. The molecule has 0 radical (unpaired) electrons. The molecule has 2 N–H and O–H groups in total. The Balaban J connectivity index is 1.64. The standard InChI is InChI=1S/C24H30N2O4S3/c1-4-16-26-33(29,30)24(2,3)22-13-11-21(12-14-22)20-9-7-19(8-10-20)15-17-25-32(27,28)23-6-5-18-31-23/h5-14,18,25-26H,4,15-17H2,1-3H3. The molecule has 0 aliphatic carbocycles. The minimum Gasteiger partial charge on any atom is -0.214 e. The number of nitrogens with one attached hydrogen (secondary N) is 2. The second-order valence-electron chi connectivity index (χ2n) is 8.26. The van der Waals surface area contributed by atoms with Gasteiger partial charge in [-0.15, -0.1) is 11.3 Å². The summed E-state index contributed by atoms with van der Waals surface area (Å²) < 4.78 is 54.3. The number of benzene rings is 2. The summed E-state index contributed by atoms with van der Waals surface area (Å²) in [6.07, 6.45) is 1.32. The zero-order chi connectivity index (χ0) is 24.1. The van der Waals surface area contributed by atoms with Crippen molar-refractivity contribution in [2.24, 2.45) is 0 Å². The molecule has 178 valence electrons. The summed E-state index contributed by atoms with van der Waals surface area (Å²) in [7, 11) is -6.94. The third-order valence-electron chi connectivity index (χ3n) is 5.55. The predicted octanol–water partition coefficient (Wildman–Crippen LogP) is 4.50. The van der Waals surface area contributed by atoms with E-state index in [0.29, 0.717) is 23.7 Å². The van der Waals surface area contributed by atoms with Crippen LogP contribution in [0.5, 0.6) is 0 Å². The van der Waals surface area contributed by atoms with E-state index in [4.69, 9.17) is 0 Å². The molecule has 0 bridgehead atoms. The van der Waals surface area contributed by atoms with Crippen LogP contribution in [-0.2, 0) is 31.2 Å². The van der Waals surface area contributed by atoms with Gasteiger partial charge in [-0.25, -0.2) is 26.3 Å². The summed E-state index contributed by atoms with van der Waals surface area (Å²) in [5.74, 6) is 0. The highest BCUT2D eigenvalue weighted by Gasteiger charge is 2.35. The van der Waals surface area contributed by atoms with E-state index < -0.39 is 24.8 Å². The van der Waals surface area contributed by atoms with Crippen molar-refractivity contribution in [3.8, 4) is 11.1 Å². The van der Waals surface area contributed by atoms with Crippen LogP contribution < -0.4 is 9.44 Å². The minimum absolute atomic E-state index is 0.318. The van der Waals surface area contributed by atoms with Crippen molar-refractivity contribution >= 4 is 31.4 Å². The van der Waals surface area contributed by atoms with Gasteiger partial charge in [0.25, 0.3) is 0 Å². The molecule has 0 saturated carbocycles. The van der Waals surface area contributed by atoms with E-state index in [1.165, 1.54) is 11.3 Å². The fourth-order valence-electron chi connectivity index (χ4n) is 3.32. The number of rotatable bonds is 11. The van der Waals surface area contributed by atoms with Gasteiger partial charge in [0, 0.05) is 13.1 Å². The topological polar surface area (TPSA) is 92.3 Å². The molecule has 0 spiro atoms. The Morgan fingerprint density at radius 3 is 1.97 bits per heavy atom. The van der Waals surface area contributed by atoms with Crippen LogP contribution in [0.25, 0.3) is 11.1 Å². The molecule has 33 heavy (non-hydrogen) atoms. The van der Waals surface area contributed by atoms with Crippen LogP contribution in [0.1, 0.15) is 38.3 Å². The van der Waals surface area contributed by atoms with E-state index in [9.17, 15) is 16.8 Å². The Kier molecular flexibility index (Phi) is 8.13. The molecule has 9 heteroatoms. The van der Waals surface area contributed by atoms with Crippen molar-refractivity contribution < 1.29 is 16.8 Å². The molecule has 3 rings (SSSR count). The molecule has 6 nitrogen and oxygen atoms in total. The Bertz CT molecular complexity index is 1250. The zero-order valence-corrected chi connectivity index (χ0v) is 21.5. The second kappa shape index (κ2) is 10.5. The van der Waals surface area contributed by atoms with Gasteiger partial charge in [0.1, 0.15) is 8.96 Å². The quantitative estimate of drug-likeness (QED) is 0.400. The molecule has 3 aromatic rings. The molecule has 0 aliphatic rings. The number of sulfonamides is 2. The molecular formula is C24H30N2O4S3. The van der Waals surface area contributed by atoms with Crippen molar-refractivity contribution in [3.63, 3.8) is 0 Å². The smallest absolute Gasteiger partial charge is 0.214 e. The van der Waals surface area contributed by atoms with Crippen molar-refractivity contribution in [1.82, 2.24) is 9.44 Å².